The predicted octanol–water partition coefficient (Wildman–Crippen LogP) is 4.79. The number of para-hydroxylation sites is 1. The highest BCUT2D eigenvalue weighted by molar-refractivity contribution is 7.99. The van der Waals surface area contributed by atoms with Crippen LogP contribution in [0, 0.1) is 0 Å². The molecule has 0 saturated heterocycles. The summed E-state index contributed by atoms with van der Waals surface area (Å²) in [6, 6.07) is 17.1. The van der Waals surface area contributed by atoms with Gasteiger partial charge in [-0.05, 0) is 49.2 Å². The van der Waals surface area contributed by atoms with Gasteiger partial charge in [-0.2, -0.15) is 0 Å². The molecule has 0 saturated carbocycles. The third kappa shape index (κ3) is 4.91. The molecule has 1 amide bonds. The number of nitrogens with zero attached hydrogens (tertiary/aromatic N) is 2. The first-order chi connectivity index (χ1) is 14.5. The van der Waals surface area contributed by atoms with Gasteiger partial charge >= 0.3 is 0 Å². The van der Waals surface area contributed by atoms with Gasteiger partial charge in [0, 0.05) is 33.5 Å². The summed E-state index contributed by atoms with van der Waals surface area (Å²) < 4.78 is 0. The van der Waals surface area contributed by atoms with Crippen molar-refractivity contribution < 1.29 is 4.79 Å². The van der Waals surface area contributed by atoms with Crippen molar-refractivity contribution in [3.8, 4) is 0 Å². The van der Waals surface area contributed by atoms with Crippen molar-refractivity contribution in [2.24, 2.45) is 0 Å². The molecule has 1 aliphatic rings. The highest BCUT2D eigenvalue weighted by Gasteiger charge is 2.30. The molecule has 154 valence electrons. The van der Waals surface area contributed by atoms with Crippen LogP contribution in [-0.4, -0.2) is 27.7 Å². The van der Waals surface area contributed by atoms with E-state index in [1.807, 2.05) is 47.4 Å². The molecule has 1 atom stereocenters. The second-order valence-electron chi connectivity index (χ2n) is 7.02. The molecule has 1 aromatic heterocycles. The molecule has 2 heterocycles. The number of anilines is 1. The SMILES string of the molecule is C[C@@H]1Cc2ccccc2N1C(=O)CSc1nc(CSc2ccc(Cl)cc2)cc(=O)[nH]1. The highest BCUT2D eigenvalue weighted by Crippen LogP contribution is 2.32. The monoisotopic (exact) mass is 457 g/mol. The fraction of sp³-hybridized carbons (Fsp3) is 0.227. The van der Waals surface area contributed by atoms with Crippen molar-refractivity contribution in [3.63, 3.8) is 0 Å². The molecule has 5 nitrogen and oxygen atoms in total. The third-order valence-corrected chi connectivity index (χ3v) is 6.94. The first kappa shape index (κ1) is 21.0. The summed E-state index contributed by atoms with van der Waals surface area (Å²) >= 11 is 8.75. The van der Waals surface area contributed by atoms with Crippen LogP contribution in [0.5, 0.6) is 0 Å². The maximum atomic E-state index is 12.9. The molecule has 0 radical (unpaired) electrons. The van der Waals surface area contributed by atoms with Gasteiger partial charge in [0.15, 0.2) is 5.16 Å². The Kier molecular flexibility index (Phi) is 6.51. The third-order valence-electron chi connectivity index (χ3n) is 4.78. The van der Waals surface area contributed by atoms with E-state index in [1.165, 1.54) is 23.4 Å². The van der Waals surface area contributed by atoms with Gasteiger partial charge in [0.2, 0.25) is 5.91 Å². The maximum absolute atomic E-state index is 12.9. The molecule has 2 aromatic carbocycles. The molecule has 0 unspecified atom stereocenters. The topological polar surface area (TPSA) is 66.1 Å². The lowest BCUT2D eigenvalue weighted by Crippen LogP contribution is -2.37. The lowest BCUT2D eigenvalue weighted by molar-refractivity contribution is -0.116. The minimum absolute atomic E-state index is 0.0149. The fourth-order valence-electron chi connectivity index (χ4n) is 3.46. The Balaban J connectivity index is 1.40. The number of carbonyl (C=O) groups is 1. The smallest absolute Gasteiger partial charge is 0.251 e. The van der Waals surface area contributed by atoms with Crippen molar-refractivity contribution in [2.75, 3.05) is 10.7 Å². The number of aromatic nitrogens is 2. The minimum atomic E-state index is -0.216. The molecule has 0 spiro atoms. The number of carbonyl (C=O) groups excluding carboxylic acids is 1. The van der Waals surface area contributed by atoms with E-state index in [9.17, 15) is 9.59 Å². The summed E-state index contributed by atoms with van der Waals surface area (Å²) in [6.07, 6.45) is 0.860. The van der Waals surface area contributed by atoms with Crippen molar-refractivity contribution in [1.82, 2.24) is 9.97 Å². The Morgan fingerprint density at radius 2 is 1.97 bits per heavy atom. The van der Waals surface area contributed by atoms with E-state index < -0.39 is 0 Å². The van der Waals surface area contributed by atoms with E-state index >= 15 is 0 Å². The van der Waals surface area contributed by atoms with Crippen molar-refractivity contribution in [2.45, 2.75) is 35.2 Å². The number of aromatic amines is 1. The van der Waals surface area contributed by atoms with E-state index in [0.717, 1.165) is 17.0 Å². The standard InChI is InChI=1S/C22H20ClN3O2S2/c1-14-10-15-4-2-3-5-19(15)26(14)21(28)13-30-22-24-17(11-20(27)25-22)12-29-18-8-6-16(23)7-9-18/h2-9,11,14H,10,12-13H2,1H3,(H,24,25,27)/t14-/m1/s1. The van der Waals surface area contributed by atoms with Gasteiger partial charge in [-0.1, -0.05) is 41.6 Å². The van der Waals surface area contributed by atoms with E-state index in [4.69, 9.17) is 11.6 Å². The summed E-state index contributed by atoms with van der Waals surface area (Å²) in [5.74, 6) is 0.792. The lowest BCUT2D eigenvalue weighted by Gasteiger charge is -2.22. The number of rotatable bonds is 6. The Hall–Kier alpha value is -2.22. The number of amides is 1. The highest BCUT2D eigenvalue weighted by atomic mass is 35.5. The first-order valence-corrected chi connectivity index (χ1v) is 11.9. The number of H-pyrrole nitrogens is 1. The number of halogens is 1. The van der Waals surface area contributed by atoms with Gasteiger partial charge in [0.25, 0.3) is 5.56 Å². The molecule has 8 heteroatoms. The van der Waals surface area contributed by atoms with Crippen LogP contribution < -0.4 is 10.5 Å². The first-order valence-electron chi connectivity index (χ1n) is 9.51. The number of hydrogen-bond donors (Lipinski definition) is 1. The van der Waals surface area contributed by atoms with Crippen LogP contribution in [0.4, 0.5) is 5.69 Å². The number of fused-ring (bicyclic) bond motifs is 1. The van der Waals surface area contributed by atoms with Crippen LogP contribution >= 0.6 is 35.1 Å². The second-order valence-corrected chi connectivity index (χ2v) is 9.47. The minimum Gasteiger partial charge on any atom is -0.308 e. The number of benzene rings is 2. The maximum Gasteiger partial charge on any atom is 0.251 e. The van der Waals surface area contributed by atoms with Gasteiger partial charge in [-0.15, -0.1) is 11.8 Å². The van der Waals surface area contributed by atoms with Crippen LogP contribution in [0.15, 0.2) is 69.4 Å². The summed E-state index contributed by atoms with van der Waals surface area (Å²) in [5, 5.41) is 1.15. The summed E-state index contributed by atoms with van der Waals surface area (Å²) in [7, 11) is 0. The number of nitrogens with one attached hydrogen (secondary N) is 1. The Labute approximate surface area is 188 Å². The summed E-state index contributed by atoms with van der Waals surface area (Å²) in [6.45, 7) is 2.05. The zero-order valence-corrected chi connectivity index (χ0v) is 18.7. The van der Waals surface area contributed by atoms with Crippen molar-refractivity contribution >= 4 is 46.7 Å². The normalized spacial score (nSPS) is 15.3. The van der Waals surface area contributed by atoms with Crippen LogP contribution in [0.1, 0.15) is 18.2 Å². The van der Waals surface area contributed by atoms with E-state index in [1.54, 1.807) is 11.8 Å². The molecule has 0 fully saturated rings. The molecular weight excluding hydrogens is 438 g/mol. The fourth-order valence-corrected chi connectivity index (χ4v) is 5.13. The molecule has 3 aromatic rings. The van der Waals surface area contributed by atoms with Crippen LogP contribution in [-0.2, 0) is 17.0 Å². The average Bonchev–Trinajstić information content (AvgIpc) is 3.07. The van der Waals surface area contributed by atoms with Crippen LogP contribution in [0.3, 0.4) is 0 Å². The van der Waals surface area contributed by atoms with Crippen LogP contribution in [0.25, 0.3) is 0 Å². The Bertz CT molecular complexity index is 1120. The average molecular weight is 458 g/mol. The quantitative estimate of drug-likeness (QED) is 0.426. The molecule has 1 N–H and O–H groups in total. The second kappa shape index (κ2) is 9.29. The molecule has 4 rings (SSSR count). The van der Waals surface area contributed by atoms with E-state index in [0.29, 0.717) is 21.6 Å². The number of hydrogen-bond acceptors (Lipinski definition) is 5. The van der Waals surface area contributed by atoms with Gasteiger partial charge in [0.1, 0.15) is 0 Å². The molecule has 0 bridgehead atoms. The van der Waals surface area contributed by atoms with Crippen molar-refractivity contribution in [3.05, 3.63) is 81.2 Å². The van der Waals surface area contributed by atoms with E-state index in [2.05, 4.69) is 23.0 Å². The Morgan fingerprint density at radius 1 is 1.20 bits per heavy atom. The summed E-state index contributed by atoms with van der Waals surface area (Å²) in [4.78, 5) is 35.1. The summed E-state index contributed by atoms with van der Waals surface area (Å²) in [5.41, 5.74) is 2.63. The van der Waals surface area contributed by atoms with Crippen molar-refractivity contribution in [1.29, 1.82) is 0 Å². The largest absolute Gasteiger partial charge is 0.308 e. The predicted molar refractivity (Wildman–Crippen MR) is 124 cm³/mol. The molecule has 0 aliphatic carbocycles. The molecule has 30 heavy (non-hydrogen) atoms. The van der Waals surface area contributed by atoms with E-state index in [-0.39, 0.29) is 23.3 Å². The number of thioether (sulfide) groups is 2. The molecule has 1 aliphatic heterocycles. The zero-order chi connectivity index (χ0) is 21.1. The Morgan fingerprint density at radius 3 is 2.77 bits per heavy atom. The van der Waals surface area contributed by atoms with Gasteiger partial charge in [0.05, 0.1) is 11.4 Å². The molecular formula is C22H20ClN3O2S2. The van der Waals surface area contributed by atoms with Crippen LogP contribution in [0.2, 0.25) is 5.02 Å². The van der Waals surface area contributed by atoms with Gasteiger partial charge in [-0.3, -0.25) is 9.59 Å². The zero-order valence-electron chi connectivity index (χ0n) is 16.3. The lowest BCUT2D eigenvalue weighted by atomic mass is 10.1. The van der Waals surface area contributed by atoms with Gasteiger partial charge < -0.3 is 9.88 Å². The van der Waals surface area contributed by atoms with Gasteiger partial charge in [-0.25, -0.2) is 4.98 Å².